The van der Waals surface area contributed by atoms with Crippen LogP contribution >= 0.6 is 0 Å². The van der Waals surface area contributed by atoms with E-state index in [1.807, 2.05) is 12.1 Å². The minimum absolute atomic E-state index is 0.0750. The van der Waals surface area contributed by atoms with E-state index in [1.165, 1.54) is 16.7 Å². The maximum Gasteiger partial charge on any atom is 0.127 e. The minimum Gasteiger partial charge on any atom is -0.497 e. The second-order valence-corrected chi connectivity index (χ2v) is 8.93. The van der Waals surface area contributed by atoms with Gasteiger partial charge in [-0.2, -0.15) is 0 Å². The zero-order valence-electron chi connectivity index (χ0n) is 19.2. The summed E-state index contributed by atoms with van der Waals surface area (Å²) in [6.45, 7) is 6.10. The molecule has 1 aliphatic carbocycles. The normalized spacial score (nSPS) is 18.3. The Balaban J connectivity index is 1.55. The number of aryl methyl sites for hydroxylation is 1. The first-order valence-corrected chi connectivity index (χ1v) is 11.8. The van der Waals surface area contributed by atoms with Crippen LogP contribution in [0.5, 0.6) is 5.75 Å². The van der Waals surface area contributed by atoms with Crippen LogP contribution in [0.25, 0.3) is 22.3 Å². The number of ether oxygens (including phenoxy) is 1. The lowest BCUT2D eigenvalue weighted by molar-refractivity contribution is 0.369. The van der Waals surface area contributed by atoms with Crippen molar-refractivity contribution in [3.63, 3.8) is 0 Å². The maximum absolute atomic E-state index is 15.0. The molecule has 3 aromatic rings. The van der Waals surface area contributed by atoms with Crippen molar-refractivity contribution in [3.05, 3.63) is 90.3 Å². The fraction of sp³-hybridized carbons (Fsp3) is 0.333. The van der Waals surface area contributed by atoms with Crippen molar-refractivity contribution in [1.29, 1.82) is 0 Å². The van der Waals surface area contributed by atoms with Crippen LogP contribution in [0, 0.1) is 11.7 Å². The summed E-state index contributed by atoms with van der Waals surface area (Å²) < 4.78 is 20.4. The molecule has 0 unspecified atom stereocenters. The topological polar surface area (TPSA) is 9.23 Å². The molecule has 0 aromatic heterocycles. The van der Waals surface area contributed by atoms with Crippen LogP contribution in [0.3, 0.4) is 0 Å². The average Bonchev–Trinajstić information content (AvgIpc) is 2.84. The Kier molecular flexibility index (Phi) is 7.09. The SMILES string of the molecule is C=CC1CCC(c2ccc(-c3ccc(-c4ccc(OC)cc4CCC)cc3)cc2F)CC1. The summed E-state index contributed by atoms with van der Waals surface area (Å²) in [6, 6.07) is 20.5. The summed E-state index contributed by atoms with van der Waals surface area (Å²) >= 11 is 0. The molecule has 32 heavy (non-hydrogen) atoms. The third-order valence-corrected chi connectivity index (χ3v) is 6.91. The Morgan fingerprint density at radius 2 is 1.59 bits per heavy atom. The zero-order valence-corrected chi connectivity index (χ0v) is 19.2. The Bertz CT molecular complexity index is 1060. The molecule has 4 rings (SSSR count). The largest absolute Gasteiger partial charge is 0.497 e. The van der Waals surface area contributed by atoms with Gasteiger partial charge in [0.25, 0.3) is 0 Å². The van der Waals surface area contributed by atoms with Crippen LogP contribution in [-0.4, -0.2) is 7.11 Å². The van der Waals surface area contributed by atoms with Crippen LogP contribution in [0.2, 0.25) is 0 Å². The Hall–Kier alpha value is -2.87. The molecule has 0 aliphatic heterocycles. The number of halogens is 1. The van der Waals surface area contributed by atoms with Gasteiger partial charge in [0, 0.05) is 0 Å². The molecule has 0 saturated heterocycles. The summed E-state index contributed by atoms with van der Waals surface area (Å²) in [4.78, 5) is 0. The molecular weight excluding hydrogens is 395 g/mol. The van der Waals surface area contributed by atoms with Crippen molar-refractivity contribution in [2.45, 2.75) is 51.4 Å². The molecule has 0 N–H and O–H groups in total. The fourth-order valence-electron chi connectivity index (χ4n) is 5.00. The highest BCUT2D eigenvalue weighted by molar-refractivity contribution is 5.73. The average molecular weight is 429 g/mol. The van der Waals surface area contributed by atoms with Crippen molar-refractivity contribution in [3.8, 4) is 28.0 Å². The summed E-state index contributed by atoms with van der Waals surface area (Å²) in [6.07, 6.45) is 8.46. The first kappa shape index (κ1) is 22.3. The second-order valence-electron chi connectivity index (χ2n) is 8.93. The molecule has 0 heterocycles. The molecule has 0 spiro atoms. The van der Waals surface area contributed by atoms with E-state index in [2.05, 4.69) is 62.0 Å². The predicted octanol–water partition coefficient (Wildman–Crippen LogP) is 8.58. The lowest BCUT2D eigenvalue weighted by Crippen LogP contribution is -2.12. The number of benzene rings is 3. The predicted molar refractivity (Wildman–Crippen MR) is 133 cm³/mol. The van der Waals surface area contributed by atoms with Crippen molar-refractivity contribution < 1.29 is 9.13 Å². The van der Waals surface area contributed by atoms with Crippen LogP contribution in [0.4, 0.5) is 4.39 Å². The van der Waals surface area contributed by atoms with Gasteiger partial charge in [-0.25, -0.2) is 4.39 Å². The number of hydrogen-bond acceptors (Lipinski definition) is 1. The highest BCUT2D eigenvalue weighted by Gasteiger charge is 2.23. The number of methoxy groups -OCH3 is 1. The summed E-state index contributed by atoms with van der Waals surface area (Å²) in [7, 11) is 1.70. The molecule has 3 aromatic carbocycles. The third kappa shape index (κ3) is 4.80. The van der Waals surface area contributed by atoms with E-state index in [1.54, 1.807) is 13.2 Å². The van der Waals surface area contributed by atoms with Crippen molar-refractivity contribution in [2.75, 3.05) is 7.11 Å². The lowest BCUT2D eigenvalue weighted by atomic mass is 9.78. The molecular formula is C30H33FO. The molecule has 0 amide bonds. The zero-order chi connectivity index (χ0) is 22.5. The number of rotatable bonds is 7. The summed E-state index contributed by atoms with van der Waals surface area (Å²) in [5, 5.41) is 0. The van der Waals surface area contributed by atoms with Crippen LogP contribution in [0.1, 0.15) is 56.1 Å². The van der Waals surface area contributed by atoms with Crippen molar-refractivity contribution >= 4 is 0 Å². The van der Waals surface area contributed by atoms with Crippen LogP contribution < -0.4 is 4.74 Å². The van der Waals surface area contributed by atoms with Gasteiger partial charge >= 0.3 is 0 Å². The second kappa shape index (κ2) is 10.2. The van der Waals surface area contributed by atoms with E-state index < -0.39 is 0 Å². The molecule has 1 aliphatic rings. The van der Waals surface area contributed by atoms with E-state index in [0.29, 0.717) is 11.8 Å². The standard InChI is InChI=1S/C30H33FO/c1-4-6-26-19-27(32-3)16-18-28(26)23-13-11-22(12-14-23)25-15-17-29(30(31)20-25)24-9-7-21(5-2)8-10-24/h5,11-21,24H,2,4,6-10H2,1,3H3. The molecule has 1 fully saturated rings. The molecule has 1 saturated carbocycles. The van der Waals surface area contributed by atoms with E-state index in [-0.39, 0.29) is 5.82 Å². The van der Waals surface area contributed by atoms with Gasteiger partial charge in [0.1, 0.15) is 11.6 Å². The quantitative estimate of drug-likeness (QED) is 0.342. The van der Waals surface area contributed by atoms with Crippen LogP contribution in [-0.2, 0) is 6.42 Å². The molecule has 1 nitrogen and oxygen atoms in total. The molecule has 166 valence electrons. The third-order valence-electron chi connectivity index (χ3n) is 6.91. The van der Waals surface area contributed by atoms with Gasteiger partial charge in [0.15, 0.2) is 0 Å². The molecule has 0 atom stereocenters. The summed E-state index contributed by atoms with van der Waals surface area (Å²) in [5.41, 5.74) is 6.55. The highest BCUT2D eigenvalue weighted by atomic mass is 19.1. The Morgan fingerprint density at radius 1 is 0.906 bits per heavy atom. The van der Waals surface area contributed by atoms with E-state index in [9.17, 15) is 0 Å². The van der Waals surface area contributed by atoms with Crippen LogP contribution in [0.15, 0.2) is 73.3 Å². The van der Waals surface area contributed by atoms with E-state index >= 15 is 4.39 Å². The summed E-state index contributed by atoms with van der Waals surface area (Å²) in [5.74, 6) is 1.74. The fourth-order valence-corrected chi connectivity index (χ4v) is 5.00. The number of hydrogen-bond donors (Lipinski definition) is 0. The van der Waals surface area contributed by atoms with Gasteiger partial charge in [-0.1, -0.05) is 61.9 Å². The lowest BCUT2D eigenvalue weighted by Gasteiger charge is -2.27. The van der Waals surface area contributed by atoms with Gasteiger partial charge in [0.05, 0.1) is 7.11 Å². The van der Waals surface area contributed by atoms with Crippen molar-refractivity contribution in [2.24, 2.45) is 5.92 Å². The van der Waals surface area contributed by atoms with E-state index in [0.717, 1.165) is 61.0 Å². The van der Waals surface area contributed by atoms with Gasteiger partial charge in [-0.05, 0) is 95.5 Å². The van der Waals surface area contributed by atoms with Gasteiger partial charge < -0.3 is 4.74 Å². The maximum atomic E-state index is 15.0. The van der Waals surface area contributed by atoms with E-state index in [4.69, 9.17) is 4.74 Å². The Morgan fingerprint density at radius 3 is 2.22 bits per heavy atom. The molecule has 2 heteroatoms. The molecule has 0 radical (unpaired) electrons. The van der Waals surface area contributed by atoms with Gasteiger partial charge in [-0.3, -0.25) is 0 Å². The minimum atomic E-state index is -0.0750. The molecule has 0 bridgehead atoms. The smallest absolute Gasteiger partial charge is 0.127 e. The highest BCUT2D eigenvalue weighted by Crippen LogP contribution is 2.38. The first-order valence-electron chi connectivity index (χ1n) is 11.8. The first-order chi connectivity index (χ1) is 15.6. The van der Waals surface area contributed by atoms with Gasteiger partial charge in [0.2, 0.25) is 0 Å². The van der Waals surface area contributed by atoms with Crippen molar-refractivity contribution in [1.82, 2.24) is 0 Å². The Labute approximate surface area is 192 Å². The number of allylic oxidation sites excluding steroid dienone is 1. The monoisotopic (exact) mass is 428 g/mol. The van der Waals surface area contributed by atoms with Gasteiger partial charge in [-0.15, -0.1) is 6.58 Å².